The van der Waals surface area contributed by atoms with E-state index in [0.717, 1.165) is 24.0 Å². The predicted molar refractivity (Wildman–Crippen MR) is 218 cm³/mol. The summed E-state index contributed by atoms with van der Waals surface area (Å²) in [5, 5.41) is 6.35. The number of para-hydroxylation sites is 1. The van der Waals surface area contributed by atoms with Gasteiger partial charge in [-0.15, -0.1) is 0 Å². The van der Waals surface area contributed by atoms with E-state index in [1.165, 1.54) is 13.8 Å². The maximum absolute atomic E-state index is 14.7. The van der Waals surface area contributed by atoms with E-state index in [2.05, 4.69) is 10.6 Å². The smallest absolute Gasteiger partial charge is 0.263 e. The minimum absolute atomic E-state index is 0.145. The van der Waals surface area contributed by atoms with Gasteiger partial charge in [-0.2, -0.15) is 0 Å². The summed E-state index contributed by atoms with van der Waals surface area (Å²) in [7, 11) is 1.59. The summed E-state index contributed by atoms with van der Waals surface area (Å²) >= 11 is 6.31. The lowest BCUT2D eigenvalue weighted by Gasteiger charge is -2.32. The summed E-state index contributed by atoms with van der Waals surface area (Å²) in [6.07, 6.45) is 3.39. The fourth-order valence-corrected chi connectivity index (χ4v) is 8.01. The topological polar surface area (TPSA) is 134 Å². The van der Waals surface area contributed by atoms with Gasteiger partial charge in [-0.3, -0.25) is 28.9 Å². The Morgan fingerprint density at radius 2 is 1.49 bits per heavy atom. The number of ether oxygens (including phenoxy) is 2. The number of anilines is 1. The standard InChI is InChI=1S/C45H49ClN4O7/c1-30(51)39(48-44(55)45(23-7-8-24-45)25-26-47-31(2)52)27-32-11-19-36(20-12-32)49-42(34-15-17-35(46)18-16-34)50(41(53)29-57-38-9-5-4-6-10-38)40(43(49)54)28-33-13-21-37(56-3)22-14-33/h4-6,9-22,39-40,42H,7-8,23-29H2,1-3H3,(H,47,52)(H,48,55). The first-order valence-electron chi connectivity index (χ1n) is 19.3. The molecule has 1 aliphatic carbocycles. The molecule has 1 aliphatic heterocycles. The molecule has 3 atom stereocenters. The van der Waals surface area contributed by atoms with Crippen molar-refractivity contribution in [2.75, 3.05) is 25.2 Å². The molecule has 2 N–H and O–H groups in total. The Morgan fingerprint density at radius 3 is 2.11 bits per heavy atom. The number of hydrogen-bond donors (Lipinski definition) is 2. The average molecular weight is 793 g/mol. The van der Waals surface area contributed by atoms with Crippen molar-refractivity contribution in [1.29, 1.82) is 0 Å². The van der Waals surface area contributed by atoms with Gasteiger partial charge in [-0.1, -0.05) is 79.0 Å². The van der Waals surface area contributed by atoms with Gasteiger partial charge in [0.1, 0.15) is 23.7 Å². The molecule has 3 unspecified atom stereocenters. The Bertz CT molecular complexity index is 2030. The Kier molecular flexibility index (Phi) is 13.3. The molecule has 12 heteroatoms. The zero-order valence-corrected chi connectivity index (χ0v) is 33.3. The van der Waals surface area contributed by atoms with Gasteiger partial charge in [-0.25, -0.2) is 0 Å². The van der Waals surface area contributed by atoms with Crippen LogP contribution in [0.25, 0.3) is 0 Å². The van der Waals surface area contributed by atoms with Crippen LogP contribution >= 0.6 is 11.6 Å². The van der Waals surface area contributed by atoms with Crippen molar-refractivity contribution in [1.82, 2.24) is 15.5 Å². The minimum atomic E-state index is -0.878. The molecule has 1 heterocycles. The number of nitrogens with one attached hydrogen (secondary N) is 2. The number of nitrogens with zero attached hydrogens (tertiary/aromatic N) is 2. The summed E-state index contributed by atoms with van der Waals surface area (Å²) in [6.45, 7) is 3.02. The van der Waals surface area contributed by atoms with Crippen LogP contribution in [0.4, 0.5) is 5.69 Å². The van der Waals surface area contributed by atoms with Crippen LogP contribution in [0.15, 0.2) is 103 Å². The average Bonchev–Trinajstić information content (AvgIpc) is 3.81. The highest BCUT2D eigenvalue weighted by molar-refractivity contribution is 6.30. The van der Waals surface area contributed by atoms with Crippen LogP contribution in [-0.4, -0.2) is 66.7 Å². The molecular formula is C45H49ClN4O7. The van der Waals surface area contributed by atoms with Crippen molar-refractivity contribution in [3.05, 3.63) is 125 Å². The van der Waals surface area contributed by atoms with E-state index in [0.29, 0.717) is 53.6 Å². The van der Waals surface area contributed by atoms with Crippen LogP contribution in [-0.2, 0) is 36.8 Å². The Hall–Kier alpha value is -5.68. The van der Waals surface area contributed by atoms with E-state index in [1.54, 1.807) is 53.3 Å². The highest BCUT2D eigenvalue weighted by atomic mass is 35.5. The third kappa shape index (κ3) is 9.83. The fourth-order valence-electron chi connectivity index (χ4n) is 7.88. The second-order valence-corrected chi connectivity index (χ2v) is 15.3. The van der Waals surface area contributed by atoms with Crippen LogP contribution in [0.5, 0.6) is 11.5 Å². The van der Waals surface area contributed by atoms with E-state index in [-0.39, 0.29) is 48.9 Å². The lowest BCUT2D eigenvalue weighted by atomic mass is 9.81. The molecule has 1 saturated heterocycles. The van der Waals surface area contributed by atoms with Crippen LogP contribution in [0.2, 0.25) is 5.02 Å². The molecular weight excluding hydrogens is 744 g/mol. The van der Waals surface area contributed by atoms with Crippen molar-refractivity contribution >= 4 is 46.7 Å². The first kappa shape index (κ1) is 41.0. The van der Waals surface area contributed by atoms with Crippen molar-refractivity contribution in [2.24, 2.45) is 5.41 Å². The summed E-state index contributed by atoms with van der Waals surface area (Å²) in [5.74, 6) is 0.0687. The van der Waals surface area contributed by atoms with Crippen LogP contribution in [0, 0.1) is 5.41 Å². The number of carbonyl (C=O) groups is 5. The van der Waals surface area contributed by atoms with Crippen molar-refractivity contribution < 1.29 is 33.4 Å². The van der Waals surface area contributed by atoms with Gasteiger partial charge in [0.2, 0.25) is 11.8 Å². The molecule has 0 bridgehead atoms. The normalized spacial score (nSPS) is 17.9. The maximum Gasteiger partial charge on any atom is 0.263 e. The molecule has 57 heavy (non-hydrogen) atoms. The zero-order valence-electron chi connectivity index (χ0n) is 32.5. The third-order valence-corrected chi connectivity index (χ3v) is 11.2. The molecule has 1 saturated carbocycles. The van der Waals surface area contributed by atoms with Gasteiger partial charge in [0.25, 0.3) is 11.8 Å². The predicted octanol–water partition coefficient (Wildman–Crippen LogP) is 6.62. The summed E-state index contributed by atoms with van der Waals surface area (Å²) < 4.78 is 11.3. The van der Waals surface area contributed by atoms with E-state index in [1.807, 2.05) is 66.7 Å². The minimum Gasteiger partial charge on any atom is -0.497 e. The van der Waals surface area contributed by atoms with Crippen LogP contribution in [0.1, 0.15) is 68.8 Å². The Morgan fingerprint density at radius 1 is 0.842 bits per heavy atom. The number of amides is 4. The number of methoxy groups -OCH3 is 1. The van der Waals surface area contributed by atoms with Gasteiger partial charge in [0, 0.05) is 30.6 Å². The number of halogens is 1. The number of benzene rings is 4. The van der Waals surface area contributed by atoms with E-state index in [9.17, 15) is 24.0 Å². The molecule has 2 fully saturated rings. The largest absolute Gasteiger partial charge is 0.497 e. The SMILES string of the molecule is COc1ccc(CC2C(=O)N(c3ccc(CC(NC(=O)C4(CCNC(C)=O)CCCC4)C(C)=O)cc3)C(c3ccc(Cl)cc3)N2C(=O)COc2ccccc2)cc1. The Balaban J connectivity index is 1.29. The molecule has 4 amide bonds. The molecule has 6 rings (SSSR count). The fraction of sp³-hybridized carbons (Fsp3) is 0.356. The second kappa shape index (κ2) is 18.5. The van der Waals surface area contributed by atoms with Crippen molar-refractivity contribution in [2.45, 2.75) is 77.0 Å². The first-order valence-corrected chi connectivity index (χ1v) is 19.7. The number of hydrogen-bond acceptors (Lipinski definition) is 7. The second-order valence-electron chi connectivity index (χ2n) is 14.8. The van der Waals surface area contributed by atoms with Crippen molar-refractivity contribution in [3.8, 4) is 11.5 Å². The van der Waals surface area contributed by atoms with Gasteiger partial charge in [0.05, 0.1) is 18.6 Å². The Labute approximate surface area is 338 Å². The van der Waals surface area contributed by atoms with Gasteiger partial charge >= 0.3 is 0 Å². The van der Waals surface area contributed by atoms with Gasteiger partial charge in [0.15, 0.2) is 12.4 Å². The van der Waals surface area contributed by atoms with Crippen LogP contribution in [0.3, 0.4) is 0 Å². The molecule has 2 aliphatic rings. The van der Waals surface area contributed by atoms with Gasteiger partial charge < -0.3 is 25.0 Å². The molecule has 11 nitrogen and oxygen atoms in total. The highest BCUT2D eigenvalue weighted by Gasteiger charge is 2.50. The monoisotopic (exact) mass is 792 g/mol. The lowest BCUT2D eigenvalue weighted by Crippen LogP contribution is -2.49. The van der Waals surface area contributed by atoms with Crippen LogP contribution < -0.4 is 25.0 Å². The molecule has 4 aromatic carbocycles. The first-order chi connectivity index (χ1) is 27.5. The lowest BCUT2D eigenvalue weighted by molar-refractivity contribution is -0.138. The van der Waals surface area contributed by atoms with E-state index in [4.69, 9.17) is 21.1 Å². The molecule has 4 aromatic rings. The van der Waals surface area contributed by atoms with Crippen molar-refractivity contribution in [3.63, 3.8) is 0 Å². The maximum atomic E-state index is 14.7. The number of carbonyl (C=O) groups excluding carboxylic acids is 5. The number of ketones is 1. The summed E-state index contributed by atoms with van der Waals surface area (Å²) in [6, 6.07) is 29.2. The van der Waals surface area contributed by atoms with Gasteiger partial charge in [-0.05, 0) is 97.8 Å². The highest BCUT2D eigenvalue weighted by Crippen LogP contribution is 2.42. The third-order valence-electron chi connectivity index (χ3n) is 11.0. The molecule has 298 valence electrons. The molecule has 0 radical (unpaired) electrons. The summed E-state index contributed by atoms with van der Waals surface area (Å²) in [5.41, 5.74) is 2.22. The number of Topliss-reactive ketones (excluding diaryl/α,β-unsaturated/α-hetero) is 1. The van der Waals surface area contributed by atoms with E-state index >= 15 is 0 Å². The van der Waals surface area contributed by atoms with E-state index < -0.39 is 23.7 Å². The zero-order chi connectivity index (χ0) is 40.5. The quantitative estimate of drug-likeness (QED) is 0.130. The molecule has 0 aromatic heterocycles. The molecule has 0 spiro atoms. The summed E-state index contributed by atoms with van der Waals surface area (Å²) in [4.78, 5) is 70.5. The number of rotatable bonds is 16.